The number of aliphatic hydroxyl groups is 1. The summed E-state index contributed by atoms with van der Waals surface area (Å²) in [5.74, 6) is 0.709. The zero-order valence-electron chi connectivity index (χ0n) is 11.4. The quantitative estimate of drug-likeness (QED) is 0.803. The highest BCUT2D eigenvalue weighted by Crippen LogP contribution is 2.29. The molecule has 2 aromatic rings. The van der Waals surface area contributed by atoms with Crippen molar-refractivity contribution in [1.82, 2.24) is 24.8 Å². The van der Waals surface area contributed by atoms with Crippen molar-refractivity contribution in [3.63, 3.8) is 0 Å². The van der Waals surface area contributed by atoms with Crippen LogP contribution in [0, 0.1) is 0 Å². The Bertz CT molecular complexity index is 615. The summed E-state index contributed by atoms with van der Waals surface area (Å²) in [6.45, 7) is 1.38. The van der Waals surface area contributed by atoms with E-state index < -0.39 is 0 Å². The maximum Gasteiger partial charge on any atom is 0.226 e. The minimum absolute atomic E-state index is 0.171. The van der Waals surface area contributed by atoms with E-state index in [2.05, 4.69) is 29.7 Å². The molecular formula is C12H17ClN6O. The minimum Gasteiger partial charge on any atom is -0.391 e. The third-order valence-corrected chi connectivity index (χ3v) is 3.65. The maximum atomic E-state index is 9.97. The van der Waals surface area contributed by atoms with E-state index in [0.717, 1.165) is 18.5 Å². The van der Waals surface area contributed by atoms with E-state index in [1.807, 2.05) is 14.1 Å². The SMILES string of the molecule is CN(C)CC1CC(O)CN1c1nc(Cl)nc2nc[nH]c12. The Balaban J connectivity index is 2.02. The van der Waals surface area contributed by atoms with Crippen molar-refractivity contribution in [2.24, 2.45) is 0 Å². The van der Waals surface area contributed by atoms with Gasteiger partial charge in [-0.15, -0.1) is 0 Å². The van der Waals surface area contributed by atoms with Crippen LogP contribution in [0.3, 0.4) is 0 Å². The van der Waals surface area contributed by atoms with Crippen LogP contribution in [0.5, 0.6) is 0 Å². The summed E-state index contributed by atoms with van der Waals surface area (Å²) in [6, 6.07) is 0.192. The van der Waals surface area contributed by atoms with Crippen LogP contribution in [-0.4, -0.2) is 69.3 Å². The summed E-state index contributed by atoms with van der Waals surface area (Å²) in [7, 11) is 4.03. The minimum atomic E-state index is -0.355. The number of aromatic nitrogens is 4. The molecule has 2 N–H and O–H groups in total. The van der Waals surface area contributed by atoms with Gasteiger partial charge in [0.25, 0.3) is 0 Å². The van der Waals surface area contributed by atoms with Gasteiger partial charge in [0.2, 0.25) is 5.28 Å². The Morgan fingerprint density at radius 1 is 1.50 bits per heavy atom. The average molecular weight is 297 g/mol. The van der Waals surface area contributed by atoms with Gasteiger partial charge in [-0.05, 0) is 32.1 Å². The molecule has 0 aromatic carbocycles. The molecule has 8 heteroatoms. The van der Waals surface area contributed by atoms with Gasteiger partial charge in [0.15, 0.2) is 11.5 Å². The van der Waals surface area contributed by atoms with Gasteiger partial charge in [0.1, 0.15) is 5.52 Å². The number of anilines is 1. The fourth-order valence-electron chi connectivity index (χ4n) is 2.75. The van der Waals surface area contributed by atoms with Crippen LogP contribution in [0.25, 0.3) is 11.2 Å². The number of halogens is 1. The van der Waals surface area contributed by atoms with Crippen LogP contribution >= 0.6 is 11.6 Å². The molecule has 2 aromatic heterocycles. The molecular weight excluding hydrogens is 280 g/mol. The zero-order valence-corrected chi connectivity index (χ0v) is 12.2. The second-order valence-electron chi connectivity index (χ2n) is 5.38. The van der Waals surface area contributed by atoms with Gasteiger partial charge in [0, 0.05) is 19.1 Å². The predicted molar refractivity (Wildman–Crippen MR) is 77.0 cm³/mol. The molecule has 0 saturated carbocycles. The fraction of sp³-hybridized carbons (Fsp3) is 0.583. The highest BCUT2D eigenvalue weighted by molar-refractivity contribution is 6.28. The summed E-state index contributed by atoms with van der Waals surface area (Å²) in [6.07, 6.45) is 1.94. The van der Waals surface area contributed by atoms with Gasteiger partial charge in [-0.2, -0.15) is 9.97 Å². The van der Waals surface area contributed by atoms with Crippen molar-refractivity contribution >= 4 is 28.6 Å². The monoisotopic (exact) mass is 296 g/mol. The van der Waals surface area contributed by atoms with E-state index in [-0.39, 0.29) is 17.4 Å². The number of hydrogen-bond donors (Lipinski definition) is 2. The smallest absolute Gasteiger partial charge is 0.226 e. The molecule has 0 spiro atoms. The molecule has 0 aliphatic carbocycles. The standard InChI is InChI=1S/C12H17ClN6O/c1-18(2)4-7-3-8(20)5-19(7)11-9-10(15-6-14-9)16-12(13)17-11/h6-8,20H,3-5H2,1-2H3,(H,14,15,16,17). The average Bonchev–Trinajstić information content (AvgIpc) is 2.94. The number of aliphatic hydroxyl groups excluding tert-OH is 1. The molecule has 3 rings (SSSR count). The number of aromatic amines is 1. The lowest BCUT2D eigenvalue weighted by molar-refractivity contribution is 0.191. The Morgan fingerprint density at radius 3 is 3.05 bits per heavy atom. The van der Waals surface area contributed by atoms with Crippen molar-refractivity contribution in [1.29, 1.82) is 0 Å². The van der Waals surface area contributed by atoms with E-state index in [0.29, 0.717) is 18.0 Å². The van der Waals surface area contributed by atoms with Crippen LogP contribution < -0.4 is 4.90 Å². The summed E-state index contributed by atoms with van der Waals surface area (Å²) >= 11 is 5.97. The highest BCUT2D eigenvalue weighted by Gasteiger charge is 2.33. The van der Waals surface area contributed by atoms with Gasteiger partial charge < -0.3 is 19.9 Å². The summed E-state index contributed by atoms with van der Waals surface area (Å²) < 4.78 is 0. The molecule has 1 aliphatic heterocycles. The molecule has 2 unspecified atom stereocenters. The molecule has 108 valence electrons. The molecule has 0 bridgehead atoms. The summed E-state index contributed by atoms with van der Waals surface area (Å²) in [4.78, 5) is 19.8. The number of likely N-dealkylation sites (N-methyl/N-ethyl adjacent to an activating group) is 1. The van der Waals surface area contributed by atoms with Crippen LogP contribution in [0.15, 0.2) is 6.33 Å². The first-order valence-corrected chi connectivity index (χ1v) is 6.88. The number of hydrogen-bond acceptors (Lipinski definition) is 6. The Hall–Kier alpha value is -1.44. The second kappa shape index (κ2) is 5.16. The first kappa shape index (κ1) is 13.5. The van der Waals surface area contributed by atoms with Crippen molar-refractivity contribution in [3.8, 4) is 0 Å². The summed E-state index contributed by atoms with van der Waals surface area (Å²) in [5, 5.41) is 10.1. The van der Waals surface area contributed by atoms with E-state index in [1.165, 1.54) is 0 Å². The van der Waals surface area contributed by atoms with E-state index >= 15 is 0 Å². The lowest BCUT2D eigenvalue weighted by Crippen LogP contribution is -2.38. The molecule has 1 aliphatic rings. The van der Waals surface area contributed by atoms with Gasteiger partial charge in [-0.25, -0.2) is 4.98 Å². The first-order chi connectivity index (χ1) is 9.54. The molecule has 1 saturated heterocycles. The number of imidazole rings is 1. The first-order valence-electron chi connectivity index (χ1n) is 6.50. The van der Waals surface area contributed by atoms with E-state index in [9.17, 15) is 5.11 Å². The van der Waals surface area contributed by atoms with Crippen LogP contribution in [-0.2, 0) is 0 Å². The van der Waals surface area contributed by atoms with Crippen LogP contribution in [0.4, 0.5) is 5.82 Å². The Labute approximate surface area is 121 Å². The van der Waals surface area contributed by atoms with Crippen molar-refractivity contribution < 1.29 is 5.11 Å². The van der Waals surface area contributed by atoms with Gasteiger partial charge in [0.05, 0.1) is 12.4 Å². The summed E-state index contributed by atoms with van der Waals surface area (Å²) in [5.41, 5.74) is 1.30. The lowest BCUT2D eigenvalue weighted by atomic mass is 10.2. The number of fused-ring (bicyclic) bond motifs is 1. The van der Waals surface area contributed by atoms with Crippen LogP contribution in [0.2, 0.25) is 5.28 Å². The molecule has 0 amide bonds. The largest absolute Gasteiger partial charge is 0.391 e. The fourth-order valence-corrected chi connectivity index (χ4v) is 2.91. The number of nitrogens with one attached hydrogen (secondary N) is 1. The predicted octanol–water partition coefficient (Wildman–Crippen LogP) is 0.507. The Kier molecular flexibility index (Phi) is 3.49. The number of β-amino-alcohol motifs (C(OH)–C–C–N with tert-alkyl or cyclic N) is 1. The molecule has 0 radical (unpaired) electrons. The highest BCUT2D eigenvalue weighted by atomic mass is 35.5. The van der Waals surface area contributed by atoms with Gasteiger partial charge in [-0.1, -0.05) is 0 Å². The molecule has 20 heavy (non-hydrogen) atoms. The van der Waals surface area contributed by atoms with Gasteiger partial charge >= 0.3 is 0 Å². The van der Waals surface area contributed by atoms with Gasteiger partial charge in [-0.3, -0.25) is 0 Å². The lowest BCUT2D eigenvalue weighted by Gasteiger charge is -2.27. The third-order valence-electron chi connectivity index (χ3n) is 3.48. The third kappa shape index (κ3) is 2.44. The molecule has 1 fully saturated rings. The number of nitrogens with zero attached hydrogens (tertiary/aromatic N) is 5. The number of rotatable bonds is 3. The van der Waals surface area contributed by atoms with E-state index in [1.54, 1.807) is 6.33 Å². The van der Waals surface area contributed by atoms with Crippen molar-refractivity contribution in [3.05, 3.63) is 11.6 Å². The second-order valence-corrected chi connectivity index (χ2v) is 5.71. The van der Waals surface area contributed by atoms with Crippen LogP contribution in [0.1, 0.15) is 6.42 Å². The Morgan fingerprint density at radius 2 is 2.30 bits per heavy atom. The van der Waals surface area contributed by atoms with Crippen molar-refractivity contribution in [2.75, 3.05) is 32.1 Å². The zero-order chi connectivity index (χ0) is 14.3. The maximum absolute atomic E-state index is 9.97. The normalized spacial score (nSPS) is 23.1. The molecule has 2 atom stereocenters. The van der Waals surface area contributed by atoms with Crippen molar-refractivity contribution in [2.45, 2.75) is 18.6 Å². The number of H-pyrrole nitrogens is 1. The molecule has 3 heterocycles. The molecule has 7 nitrogen and oxygen atoms in total. The topological polar surface area (TPSA) is 81.2 Å². The van der Waals surface area contributed by atoms with E-state index in [4.69, 9.17) is 11.6 Å².